The van der Waals surface area contributed by atoms with E-state index >= 15 is 0 Å². The second kappa shape index (κ2) is 6.10. The lowest BCUT2D eigenvalue weighted by molar-refractivity contribution is 0.271. The molecule has 1 fully saturated rings. The second-order valence-electron chi connectivity index (χ2n) is 5.78. The minimum Gasteiger partial charge on any atom is -0.117 e. The van der Waals surface area contributed by atoms with Crippen molar-refractivity contribution in [2.45, 2.75) is 64.2 Å². The highest BCUT2D eigenvalue weighted by molar-refractivity contribution is 6.21. The van der Waals surface area contributed by atoms with Crippen molar-refractivity contribution in [3.05, 3.63) is 35.4 Å². The van der Waals surface area contributed by atoms with Crippen LogP contribution in [0.15, 0.2) is 24.3 Å². The molecule has 1 aliphatic rings. The Morgan fingerprint density at radius 2 is 1.72 bits per heavy atom. The first-order valence-electron chi connectivity index (χ1n) is 7.45. The molecule has 0 amide bonds. The van der Waals surface area contributed by atoms with E-state index in [-0.39, 0.29) is 5.38 Å². The summed E-state index contributed by atoms with van der Waals surface area (Å²) in [5.41, 5.74) is 3.11. The number of hydrogen-bond donors (Lipinski definition) is 0. The lowest BCUT2D eigenvalue weighted by Crippen LogP contribution is -2.21. The maximum atomic E-state index is 6.80. The largest absolute Gasteiger partial charge is 0.117 e. The molecule has 100 valence electrons. The maximum absolute atomic E-state index is 6.80. The molecule has 0 radical (unpaired) electrons. The first-order valence-corrected chi connectivity index (χ1v) is 7.88. The van der Waals surface area contributed by atoms with Gasteiger partial charge in [0.2, 0.25) is 0 Å². The average molecular weight is 265 g/mol. The highest BCUT2D eigenvalue weighted by atomic mass is 35.5. The molecule has 1 aliphatic carbocycles. The zero-order chi connectivity index (χ0) is 13.0. The molecule has 0 nitrogen and oxygen atoms in total. The van der Waals surface area contributed by atoms with Crippen LogP contribution in [0.25, 0.3) is 0 Å². The van der Waals surface area contributed by atoms with Crippen LogP contribution in [0.3, 0.4) is 0 Å². The van der Waals surface area contributed by atoms with Gasteiger partial charge in [0.05, 0.1) is 5.38 Å². The van der Waals surface area contributed by atoms with Gasteiger partial charge in [-0.15, -0.1) is 11.6 Å². The monoisotopic (exact) mass is 264 g/mol. The molecule has 0 N–H and O–H groups in total. The number of halogens is 1. The number of benzene rings is 1. The Bertz CT molecular complexity index is 360. The number of hydrogen-bond acceptors (Lipinski definition) is 0. The number of alkyl halides is 1. The van der Waals surface area contributed by atoms with E-state index in [1.807, 2.05) is 0 Å². The summed E-state index contributed by atoms with van der Waals surface area (Å²) in [4.78, 5) is 0. The molecule has 1 aromatic carbocycles. The topological polar surface area (TPSA) is 0 Å². The van der Waals surface area contributed by atoms with Crippen molar-refractivity contribution >= 4 is 11.6 Å². The third-order valence-electron chi connectivity index (χ3n) is 4.65. The minimum absolute atomic E-state index is 0.195. The van der Waals surface area contributed by atoms with E-state index in [0.29, 0.717) is 5.41 Å². The van der Waals surface area contributed by atoms with Gasteiger partial charge in [-0.25, -0.2) is 0 Å². The molecular weight excluding hydrogens is 240 g/mol. The van der Waals surface area contributed by atoms with Crippen LogP contribution >= 0.6 is 11.6 Å². The Balaban J connectivity index is 2.14. The summed E-state index contributed by atoms with van der Waals surface area (Å²) in [7, 11) is 0. The molecule has 1 atom stereocenters. The minimum atomic E-state index is 0.195. The first kappa shape index (κ1) is 13.9. The fraction of sp³-hybridized carbons (Fsp3) is 0.647. The van der Waals surface area contributed by atoms with Gasteiger partial charge in [-0.05, 0) is 42.2 Å². The van der Waals surface area contributed by atoms with Crippen LogP contribution in [0.2, 0.25) is 0 Å². The van der Waals surface area contributed by atoms with Crippen LogP contribution in [-0.2, 0) is 6.42 Å². The Morgan fingerprint density at radius 1 is 1.11 bits per heavy atom. The van der Waals surface area contributed by atoms with E-state index < -0.39 is 0 Å². The van der Waals surface area contributed by atoms with Gasteiger partial charge in [0.15, 0.2) is 0 Å². The Kier molecular flexibility index (Phi) is 4.72. The number of rotatable bonds is 5. The lowest BCUT2D eigenvalue weighted by atomic mass is 9.77. The van der Waals surface area contributed by atoms with Crippen LogP contribution in [-0.4, -0.2) is 0 Å². The summed E-state index contributed by atoms with van der Waals surface area (Å²) in [6.45, 7) is 4.52. The molecule has 1 unspecified atom stereocenters. The van der Waals surface area contributed by atoms with E-state index in [9.17, 15) is 0 Å². The highest BCUT2D eigenvalue weighted by Crippen LogP contribution is 2.53. The predicted molar refractivity (Wildman–Crippen MR) is 80.2 cm³/mol. The van der Waals surface area contributed by atoms with Crippen molar-refractivity contribution in [1.29, 1.82) is 0 Å². The zero-order valence-corrected chi connectivity index (χ0v) is 12.5. The molecule has 0 bridgehead atoms. The van der Waals surface area contributed by atoms with Gasteiger partial charge in [-0.3, -0.25) is 0 Å². The van der Waals surface area contributed by atoms with Gasteiger partial charge < -0.3 is 0 Å². The van der Waals surface area contributed by atoms with Gasteiger partial charge in [-0.2, -0.15) is 0 Å². The first-order chi connectivity index (χ1) is 8.72. The lowest BCUT2D eigenvalue weighted by Gasteiger charge is -2.33. The van der Waals surface area contributed by atoms with E-state index in [0.717, 1.165) is 0 Å². The quantitative estimate of drug-likeness (QED) is 0.582. The maximum Gasteiger partial charge on any atom is 0.0641 e. The fourth-order valence-corrected chi connectivity index (χ4v) is 3.88. The van der Waals surface area contributed by atoms with Gasteiger partial charge in [-0.1, -0.05) is 57.4 Å². The summed E-state index contributed by atoms with van der Waals surface area (Å²) >= 11 is 6.80. The Labute approximate surface area is 117 Å². The van der Waals surface area contributed by atoms with Gasteiger partial charge in [0.1, 0.15) is 0 Å². The summed E-state index contributed by atoms with van der Waals surface area (Å²) in [5.74, 6) is 0. The molecule has 1 aromatic rings. The third-order valence-corrected chi connectivity index (χ3v) is 5.37. The molecule has 18 heavy (non-hydrogen) atoms. The summed E-state index contributed by atoms with van der Waals surface area (Å²) < 4.78 is 0. The van der Waals surface area contributed by atoms with Crippen molar-refractivity contribution in [3.63, 3.8) is 0 Å². The standard InChI is InChI=1S/C17H25Cl/c1-3-7-14-8-10-15(11-9-14)16(18)17(4-2)12-5-6-13-17/h8-11,16H,3-7,12-13H2,1-2H3. The van der Waals surface area contributed by atoms with E-state index in [1.54, 1.807) is 0 Å². The second-order valence-corrected chi connectivity index (χ2v) is 6.21. The molecule has 0 aromatic heterocycles. The van der Waals surface area contributed by atoms with Crippen LogP contribution in [0.1, 0.15) is 68.9 Å². The third kappa shape index (κ3) is 2.74. The van der Waals surface area contributed by atoms with Crippen molar-refractivity contribution < 1.29 is 0 Å². The molecule has 0 heterocycles. The summed E-state index contributed by atoms with van der Waals surface area (Å²) in [6, 6.07) is 9.01. The molecule has 0 saturated heterocycles. The zero-order valence-electron chi connectivity index (χ0n) is 11.7. The SMILES string of the molecule is CCCc1ccc(C(Cl)C2(CC)CCCC2)cc1. The van der Waals surface area contributed by atoms with E-state index in [2.05, 4.69) is 38.1 Å². The molecule has 2 rings (SSSR count). The molecule has 1 saturated carbocycles. The number of aryl methyl sites for hydroxylation is 1. The van der Waals surface area contributed by atoms with Crippen molar-refractivity contribution in [3.8, 4) is 0 Å². The smallest absolute Gasteiger partial charge is 0.0641 e. The van der Waals surface area contributed by atoms with E-state index in [1.165, 1.54) is 56.1 Å². The average Bonchev–Trinajstić information content (AvgIpc) is 2.89. The van der Waals surface area contributed by atoms with Crippen LogP contribution in [0.5, 0.6) is 0 Å². The fourth-order valence-electron chi connectivity index (χ4n) is 3.36. The van der Waals surface area contributed by atoms with Crippen LogP contribution in [0, 0.1) is 5.41 Å². The summed E-state index contributed by atoms with van der Waals surface area (Å²) in [6.07, 6.45) is 8.89. The highest BCUT2D eigenvalue weighted by Gasteiger charge is 2.39. The van der Waals surface area contributed by atoms with E-state index in [4.69, 9.17) is 11.6 Å². The van der Waals surface area contributed by atoms with Crippen molar-refractivity contribution in [2.75, 3.05) is 0 Å². The predicted octanol–water partition coefficient (Wildman–Crippen LogP) is 5.89. The van der Waals surface area contributed by atoms with Crippen molar-refractivity contribution in [1.82, 2.24) is 0 Å². The normalized spacial score (nSPS) is 19.9. The Morgan fingerprint density at radius 3 is 2.22 bits per heavy atom. The van der Waals surface area contributed by atoms with Gasteiger partial charge in [0, 0.05) is 0 Å². The van der Waals surface area contributed by atoms with Gasteiger partial charge in [0.25, 0.3) is 0 Å². The molecule has 1 heteroatoms. The Hall–Kier alpha value is -0.490. The summed E-state index contributed by atoms with van der Waals surface area (Å²) in [5, 5.41) is 0.195. The van der Waals surface area contributed by atoms with Crippen molar-refractivity contribution in [2.24, 2.45) is 5.41 Å². The molecular formula is C17H25Cl. The van der Waals surface area contributed by atoms with Crippen LogP contribution in [0.4, 0.5) is 0 Å². The van der Waals surface area contributed by atoms with Gasteiger partial charge >= 0.3 is 0 Å². The molecule has 0 spiro atoms. The molecule has 0 aliphatic heterocycles. The van der Waals surface area contributed by atoms with Crippen LogP contribution < -0.4 is 0 Å².